The Morgan fingerprint density at radius 3 is 1.11 bits per heavy atom. The van der Waals surface area contributed by atoms with Gasteiger partial charge in [0.1, 0.15) is 11.6 Å². The van der Waals surface area contributed by atoms with Crippen LogP contribution in [0.15, 0.2) is 207 Å². The highest BCUT2D eigenvalue weighted by atomic mass is 19.1. The highest BCUT2D eigenvalue weighted by molar-refractivity contribution is 5.82. The van der Waals surface area contributed by atoms with E-state index in [2.05, 4.69) is 58.5 Å². The molecule has 0 fully saturated rings. The van der Waals surface area contributed by atoms with Crippen LogP contribution >= 0.6 is 0 Å². The number of nitrogens with zero attached hydrogens (tertiary/aromatic N) is 5. The van der Waals surface area contributed by atoms with E-state index in [1.54, 1.807) is 36.9 Å². The van der Waals surface area contributed by atoms with Crippen molar-refractivity contribution in [2.24, 2.45) is 0 Å². The molecule has 0 atom stereocenters. The van der Waals surface area contributed by atoms with Crippen LogP contribution in [0.4, 0.5) is 42.9 Å². The van der Waals surface area contributed by atoms with Crippen LogP contribution in [0.1, 0.15) is 20.8 Å². The minimum atomic E-state index is -0.533. The highest BCUT2D eigenvalue weighted by Gasteiger charge is 2.26. The summed E-state index contributed by atoms with van der Waals surface area (Å²) in [6, 6.07) is 58.8. The van der Waals surface area contributed by atoms with Crippen molar-refractivity contribution in [3.63, 3.8) is 0 Å². The molecule has 0 spiro atoms. The topological polar surface area (TPSA) is 37.2 Å². The molecule has 3 aromatic heterocycles. The Hall–Kier alpha value is -7.64. The number of pyridine rings is 2. The van der Waals surface area contributed by atoms with E-state index in [9.17, 15) is 0 Å². The zero-order valence-electron chi connectivity index (χ0n) is 34.1. The van der Waals surface area contributed by atoms with Gasteiger partial charge in [-0.2, -0.15) is 0 Å². The SMILES string of the molecule is CC(C)(C)n1c(-c2ccc(N(c3ccc(-c4ccccc4)cc3)c3cccnc3)cc2F)ccc1-c1ccc(N(c2ccc(-c3ccccc3)cc2)c2cccnc2)cc1F. The maximum atomic E-state index is 16.7. The Bertz CT molecular complexity index is 2700. The third kappa shape index (κ3) is 7.94. The molecule has 9 rings (SSSR count). The largest absolute Gasteiger partial charge is 0.335 e. The van der Waals surface area contributed by atoms with E-state index >= 15 is 8.78 Å². The zero-order valence-corrected chi connectivity index (χ0v) is 34.1. The van der Waals surface area contributed by atoms with Gasteiger partial charge in [-0.25, -0.2) is 8.78 Å². The van der Waals surface area contributed by atoms with Crippen molar-refractivity contribution in [3.8, 4) is 44.8 Å². The summed E-state index contributed by atoms with van der Waals surface area (Å²) in [6.07, 6.45) is 6.98. The molecule has 0 aliphatic carbocycles. The van der Waals surface area contributed by atoms with E-state index in [0.717, 1.165) is 45.0 Å². The lowest BCUT2D eigenvalue weighted by atomic mass is 10.0. The van der Waals surface area contributed by atoms with Gasteiger partial charge >= 0.3 is 0 Å². The van der Waals surface area contributed by atoms with Crippen LogP contribution in [0.3, 0.4) is 0 Å². The van der Waals surface area contributed by atoms with Gasteiger partial charge in [-0.05, 0) is 140 Å². The predicted molar refractivity (Wildman–Crippen MR) is 246 cm³/mol. The maximum Gasteiger partial charge on any atom is 0.134 e. The lowest BCUT2D eigenvalue weighted by Crippen LogP contribution is -2.24. The van der Waals surface area contributed by atoms with E-state index in [4.69, 9.17) is 0 Å². The van der Waals surface area contributed by atoms with Crippen LogP contribution in [0.25, 0.3) is 44.8 Å². The minimum Gasteiger partial charge on any atom is -0.335 e. The molecule has 0 saturated heterocycles. The molecule has 61 heavy (non-hydrogen) atoms. The standard InChI is InChI=1S/C54H43F2N5/c1-54(2,3)61-52(48-28-26-44(34-50(48)55)59(46-16-10-32-57-36-46)42-22-18-40(19-23-42)38-12-6-4-7-13-38)30-31-53(61)49-29-27-45(35-51(49)56)60(47-17-11-33-58-37-47)43-24-20-41(21-25-43)39-14-8-5-9-15-39/h4-37H,1-3H3. The van der Waals surface area contributed by atoms with Gasteiger partial charge < -0.3 is 14.4 Å². The molecule has 0 bridgehead atoms. The molecule has 298 valence electrons. The molecule has 0 N–H and O–H groups in total. The first-order chi connectivity index (χ1) is 29.7. The number of halogens is 2. The van der Waals surface area contributed by atoms with Crippen LogP contribution < -0.4 is 9.80 Å². The quantitative estimate of drug-likeness (QED) is 0.138. The fourth-order valence-corrected chi connectivity index (χ4v) is 8.02. The monoisotopic (exact) mass is 799 g/mol. The first-order valence-electron chi connectivity index (χ1n) is 20.3. The Balaban J connectivity index is 1.07. The van der Waals surface area contributed by atoms with Crippen LogP contribution in [0.5, 0.6) is 0 Å². The molecule has 5 nitrogen and oxygen atoms in total. The number of rotatable bonds is 10. The first-order valence-corrected chi connectivity index (χ1v) is 20.3. The molecule has 6 aromatic carbocycles. The van der Waals surface area contributed by atoms with Gasteiger partial charge in [0.2, 0.25) is 0 Å². The number of hydrogen-bond donors (Lipinski definition) is 0. The van der Waals surface area contributed by atoms with Gasteiger partial charge in [-0.3, -0.25) is 9.97 Å². The molecule has 0 saturated carbocycles. The van der Waals surface area contributed by atoms with E-state index in [0.29, 0.717) is 33.9 Å². The first kappa shape index (κ1) is 38.9. The fraction of sp³-hybridized carbons (Fsp3) is 0.0741. The molecule has 0 radical (unpaired) electrons. The van der Waals surface area contributed by atoms with E-state index in [-0.39, 0.29) is 0 Å². The smallest absolute Gasteiger partial charge is 0.134 e. The van der Waals surface area contributed by atoms with Crippen molar-refractivity contribution in [2.75, 3.05) is 9.80 Å². The minimum absolute atomic E-state index is 0.399. The van der Waals surface area contributed by atoms with Gasteiger partial charge in [-0.1, -0.05) is 84.9 Å². The van der Waals surface area contributed by atoms with Crippen LogP contribution in [-0.4, -0.2) is 14.5 Å². The zero-order chi connectivity index (χ0) is 41.9. The summed E-state index contributed by atoms with van der Waals surface area (Å²) >= 11 is 0. The van der Waals surface area contributed by atoms with E-state index in [1.165, 1.54) is 0 Å². The summed E-state index contributed by atoms with van der Waals surface area (Å²) in [7, 11) is 0. The van der Waals surface area contributed by atoms with Crippen molar-refractivity contribution in [1.29, 1.82) is 0 Å². The lowest BCUT2D eigenvalue weighted by Gasteiger charge is -2.29. The summed E-state index contributed by atoms with van der Waals surface area (Å²) in [5.41, 5.74) is 10.6. The highest BCUT2D eigenvalue weighted by Crippen LogP contribution is 2.42. The fourth-order valence-electron chi connectivity index (χ4n) is 8.02. The van der Waals surface area contributed by atoms with Crippen LogP contribution in [0, 0.1) is 11.6 Å². The second kappa shape index (κ2) is 16.5. The number of benzene rings is 6. The van der Waals surface area contributed by atoms with Gasteiger partial charge in [0.15, 0.2) is 0 Å². The lowest BCUT2D eigenvalue weighted by molar-refractivity contribution is 0.406. The summed E-state index contributed by atoms with van der Waals surface area (Å²) in [4.78, 5) is 12.7. The normalized spacial score (nSPS) is 11.4. The Kier molecular flexibility index (Phi) is 10.5. The third-order valence-electron chi connectivity index (χ3n) is 10.8. The Labute approximate surface area is 355 Å². The van der Waals surface area contributed by atoms with Crippen molar-refractivity contribution in [1.82, 2.24) is 14.5 Å². The summed E-state index contributed by atoms with van der Waals surface area (Å²) in [6.45, 7) is 6.14. The second-order valence-electron chi connectivity index (χ2n) is 15.9. The van der Waals surface area contributed by atoms with Crippen LogP contribution in [0.2, 0.25) is 0 Å². The summed E-state index contributed by atoms with van der Waals surface area (Å²) in [5, 5.41) is 0. The summed E-state index contributed by atoms with van der Waals surface area (Å²) < 4.78 is 35.5. The average molecular weight is 800 g/mol. The van der Waals surface area contributed by atoms with Gasteiger partial charge in [0, 0.05) is 51.8 Å². The summed E-state index contributed by atoms with van der Waals surface area (Å²) in [5.74, 6) is -0.799. The van der Waals surface area contributed by atoms with Crippen molar-refractivity contribution in [3.05, 3.63) is 218 Å². The Morgan fingerprint density at radius 1 is 0.393 bits per heavy atom. The van der Waals surface area contributed by atoms with Crippen molar-refractivity contribution < 1.29 is 8.78 Å². The molecule has 9 aromatic rings. The van der Waals surface area contributed by atoms with E-state index in [1.807, 2.05) is 156 Å². The maximum absolute atomic E-state index is 16.7. The number of aromatic nitrogens is 3. The molecular formula is C54H43F2N5. The second-order valence-corrected chi connectivity index (χ2v) is 15.9. The molecule has 0 aliphatic heterocycles. The number of hydrogen-bond acceptors (Lipinski definition) is 4. The molecule has 7 heteroatoms. The van der Waals surface area contributed by atoms with E-state index < -0.39 is 17.2 Å². The van der Waals surface area contributed by atoms with Crippen LogP contribution in [-0.2, 0) is 5.54 Å². The molecule has 3 heterocycles. The molecule has 0 aliphatic rings. The Morgan fingerprint density at radius 2 is 0.770 bits per heavy atom. The molecular weight excluding hydrogens is 757 g/mol. The van der Waals surface area contributed by atoms with Crippen molar-refractivity contribution in [2.45, 2.75) is 26.3 Å². The predicted octanol–water partition coefficient (Wildman–Crippen LogP) is 14.9. The van der Waals surface area contributed by atoms with Gasteiger partial charge in [-0.15, -0.1) is 0 Å². The number of anilines is 6. The van der Waals surface area contributed by atoms with Crippen molar-refractivity contribution >= 4 is 34.1 Å². The molecule has 0 unspecified atom stereocenters. The third-order valence-corrected chi connectivity index (χ3v) is 10.8. The average Bonchev–Trinajstić information content (AvgIpc) is 3.74. The van der Waals surface area contributed by atoms with Gasteiger partial charge in [0.05, 0.1) is 35.2 Å². The van der Waals surface area contributed by atoms with Gasteiger partial charge in [0.25, 0.3) is 0 Å². The molecule has 0 amide bonds.